The van der Waals surface area contributed by atoms with Crippen molar-refractivity contribution in [3.8, 4) is 0 Å². The van der Waals surface area contributed by atoms with Gasteiger partial charge in [0.25, 0.3) is 5.91 Å². The molecule has 6 heteroatoms. The molecule has 0 aliphatic rings. The maximum absolute atomic E-state index is 12.7. The minimum absolute atomic E-state index is 0.226. The number of carbonyl (C=O) groups is 1. The van der Waals surface area contributed by atoms with Crippen LogP contribution in [0.15, 0.2) is 48.5 Å². The molecule has 0 saturated heterocycles. The van der Waals surface area contributed by atoms with Crippen LogP contribution in [0.25, 0.3) is 22.7 Å². The van der Waals surface area contributed by atoms with Gasteiger partial charge in [-0.25, -0.2) is 4.98 Å². The van der Waals surface area contributed by atoms with Gasteiger partial charge in [-0.15, -0.1) is 0 Å². The van der Waals surface area contributed by atoms with Crippen LogP contribution < -0.4 is 5.32 Å². The number of halogens is 1. The lowest BCUT2D eigenvalue weighted by molar-refractivity contribution is -0.115. The molecule has 1 aromatic heterocycles. The molecule has 0 spiro atoms. The fourth-order valence-electron chi connectivity index (χ4n) is 2.45. The average Bonchev–Trinajstić information content (AvgIpc) is 3.03. The van der Waals surface area contributed by atoms with Crippen molar-refractivity contribution in [2.24, 2.45) is 0 Å². The fraction of sp³-hybridized carbons (Fsp3) is 0.158. The highest BCUT2D eigenvalue weighted by molar-refractivity contribution is 6.31. The van der Waals surface area contributed by atoms with Crippen molar-refractivity contribution in [1.29, 1.82) is 0 Å². The van der Waals surface area contributed by atoms with Gasteiger partial charge in [0.2, 0.25) is 0 Å². The van der Waals surface area contributed by atoms with Crippen LogP contribution in [0.4, 0.5) is 0 Å². The number of fused-ring (bicyclic) bond motifs is 1. The van der Waals surface area contributed by atoms with E-state index in [1.54, 1.807) is 25.3 Å². The summed E-state index contributed by atoms with van der Waals surface area (Å²) in [7, 11) is 1.59. The summed E-state index contributed by atoms with van der Waals surface area (Å²) in [6.45, 7) is 0.860. The Kier molecular flexibility index (Phi) is 5.48. The third-order valence-electron chi connectivity index (χ3n) is 3.64. The molecule has 0 bridgehead atoms. The number of ether oxygens (including phenoxy) is 1. The Balaban J connectivity index is 2.00. The fourth-order valence-corrected chi connectivity index (χ4v) is 2.65. The zero-order valence-corrected chi connectivity index (χ0v) is 14.5. The number of aromatic amines is 1. The van der Waals surface area contributed by atoms with E-state index in [1.807, 2.05) is 36.4 Å². The van der Waals surface area contributed by atoms with E-state index in [2.05, 4.69) is 15.3 Å². The molecule has 0 saturated carbocycles. The molecular formula is C19H18ClN3O2. The highest BCUT2D eigenvalue weighted by Gasteiger charge is 2.16. The molecule has 128 valence electrons. The van der Waals surface area contributed by atoms with E-state index < -0.39 is 0 Å². The zero-order chi connectivity index (χ0) is 17.6. The van der Waals surface area contributed by atoms with Crippen LogP contribution in [0.5, 0.6) is 0 Å². The van der Waals surface area contributed by atoms with E-state index in [1.165, 1.54) is 0 Å². The molecule has 2 aromatic carbocycles. The molecule has 3 rings (SSSR count). The van der Waals surface area contributed by atoms with E-state index in [9.17, 15) is 4.79 Å². The smallest absolute Gasteiger partial charge is 0.255 e. The minimum Gasteiger partial charge on any atom is -0.383 e. The molecule has 3 aromatic rings. The van der Waals surface area contributed by atoms with Crippen molar-refractivity contribution in [2.45, 2.75) is 0 Å². The SMILES string of the molecule is COCCNC(=O)C(=Cc1cccc(Cl)c1)c1nc2ccccc2[nH]1. The topological polar surface area (TPSA) is 67.0 Å². The van der Waals surface area contributed by atoms with Crippen molar-refractivity contribution in [1.82, 2.24) is 15.3 Å². The molecule has 1 heterocycles. The number of imidazole rings is 1. The van der Waals surface area contributed by atoms with E-state index in [-0.39, 0.29) is 5.91 Å². The van der Waals surface area contributed by atoms with Gasteiger partial charge in [0, 0.05) is 18.7 Å². The Hall–Kier alpha value is -2.63. The first-order valence-electron chi connectivity index (χ1n) is 7.87. The number of para-hydroxylation sites is 2. The first-order chi connectivity index (χ1) is 12.2. The Morgan fingerprint density at radius 3 is 2.88 bits per heavy atom. The molecule has 0 radical (unpaired) electrons. The number of aromatic nitrogens is 2. The number of rotatable bonds is 6. The summed E-state index contributed by atoms with van der Waals surface area (Å²) in [5.41, 5.74) is 2.94. The highest BCUT2D eigenvalue weighted by Crippen LogP contribution is 2.21. The number of hydrogen-bond donors (Lipinski definition) is 2. The Bertz CT molecular complexity index is 885. The summed E-state index contributed by atoms with van der Waals surface area (Å²) in [6.07, 6.45) is 1.77. The maximum atomic E-state index is 12.7. The van der Waals surface area contributed by atoms with Crippen LogP contribution in [-0.4, -0.2) is 36.1 Å². The number of benzene rings is 2. The number of nitrogens with one attached hydrogen (secondary N) is 2. The van der Waals surface area contributed by atoms with Gasteiger partial charge >= 0.3 is 0 Å². The molecular weight excluding hydrogens is 338 g/mol. The largest absolute Gasteiger partial charge is 0.383 e. The van der Waals surface area contributed by atoms with Crippen molar-refractivity contribution in [3.63, 3.8) is 0 Å². The molecule has 0 unspecified atom stereocenters. The molecule has 2 N–H and O–H groups in total. The quantitative estimate of drug-likeness (QED) is 0.525. The summed E-state index contributed by atoms with van der Waals surface area (Å²) in [4.78, 5) is 20.4. The normalized spacial score (nSPS) is 11.7. The number of carbonyl (C=O) groups excluding carboxylic acids is 1. The lowest BCUT2D eigenvalue weighted by Crippen LogP contribution is -2.28. The maximum Gasteiger partial charge on any atom is 0.255 e. The molecule has 0 fully saturated rings. The number of amides is 1. The van der Waals surface area contributed by atoms with Gasteiger partial charge in [-0.05, 0) is 35.9 Å². The van der Waals surface area contributed by atoms with Crippen LogP contribution in [0, 0.1) is 0 Å². The zero-order valence-electron chi connectivity index (χ0n) is 13.8. The number of H-pyrrole nitrogens is 1. The molecule has 0 aliphatic carbocycles. The molecule has 25 heavy (non-hydrogen) atoms. The summed E-state index contributed by atoms with van der Waals surface area (Å²) >= 11 is 6.05. The lowest BCUT2D eigenvalue weighted by atomic mass is 10.1. The van der Waals surface area contributed by atoms with Gasteiger partial charge < -0.3 is 15.0 Å². The monoisotopic (exact) mass is 355 g/mol. The predicted octanol–water partition coefficient (Wildman–Crippen LogP) is 3.52. The third-order valence-corrected chi connectivity index (χ3v) is 3.88. The Morgan fingerprint density at radius 1 is 1.28 bits per heavy atom. The second-order valence-corrected chi connectivity index (χ2v) is 5.90. The molecule has 1 amide bonds. The van der Waals surface area contributed by atoms with E-state index in [4.69, 9.17) is 16.3 Å². The van der Waals surface area contributed by atoms with E-state index in [0.717, 1.165) is 16.6 Å². The van der Waals surface area contributed by atoms with Gasteiger partial charge in [-0.1, -0.05) is 35.9 Å². The summed E-state index contributed by atoms with van der Waals surface area (Å²) in [5, 5.41) is 3.44. The van der Waals surface area contributed by atoms with Crippen molar-refractivity contribution in [3.05, 3.63) is 64.9 Å². The van der Waals surface area contributed by atoms with E-state index in [0.29, 0.717) is 29.6 Å². The Labute approximate surface area is 150 Å². The van der Waals surface area contributed by atoms with Crippen LogP contribution in [0.2, 0.25) is 5.02 Å². The molecule has 0 atom stereocenters. The molecule has 5 nitrogen and oxygen atoms in total. The minimum atomic E-state index is -0.226. The van der Waals surface area contributed by atoms with Crippen LogP contribution >= 0.6 is 11.6 Å². The van der Waals surface area contributed by atoms with Crippen molar-refractivity contribution < 1.29 is 9.53 Å². The van der Waals surface area contributed by atoms with Crippen molar-refractivity contribution in [2.75, 3.05) is 20.3 Å². The highest BCUT2D eigenvalue weighted by atomic mass is 35.5. The van der Waals surface area contributed by atoms with Gasteiger partial charge in [-0.2, -0.15) is 0 Å². The number of methoxy groups -OCH3 is 1. The molecule has 0 aliphatic heterocycles. The van der Waals surface area contributed by atoms with Crippen LogP contribution in [-0.2, 0) is 9.53 Å². The number of nitrogens with zero attached hydrogens (tertiary/aromatic N) is 1. The second kappa shape index (κ2) is 7.96. The van der Waals surface area contributed by atoms with Crippen molar-refractivity contribution >= 4 is 40.2 Å². The average molecular weight is 356 g/mol. The van der Waals surface area contributed by atoms with Gasteiger partial charge in [0.15, 0.2) is 0 Å². The van der Waals surface area contributed by atoms with Crippen LogP contribution in [0.3, 0.4) is 0 Å². The first-order valence-corrected chi connectivity index (χ1v) is 8.24. The van der Waals surface area contributed by atoms with Gasteiger partial charge in [-0.3, -0.25) is 4.79 Å². The summed E-state index contributed by atoms with van der Waals surface area (Å²) in [5.74, 6) is 0.284. The van der Waals surface area contributed by atoms with Crippen LogP contribution in [0.1, 0.15) is 11.4 Å². The van der Waals surface area contributed by atoms with E-state index >= 15 is 0 Å². The lowest BCUT2D eigenvalue weighted by Gasteiger charge is -2.07. The standard InChI is InChI=1S/C19H18ClN3O2/c1-25-10-9-21-19(24)15(12-13-5-4-6-14(20)11-13)18-22-16-7-2-3-8-17(16)23-18/h2-8,11-12H,9-10H2,1H3,(H,21,24)(H,22,23). The Morgan fingerprint density at radius 2 is 2.12 bits per heavy atom. The number of hydrogen-bond acceptors (Lipinski definition) is 3. The summed E-state index contributed by atoms with van der Waals surface area (Å²) < 4.78 is 4.98. The van der Waals surface area contributed by atoms with Gasteiger partial charge in [0.1, 0.15) is 5.82 Å². The summed E-state index contributed by atoms with van der Waals surface area (Å²) in [6, 6.07) is 15.0. The third kappa shape index (κ3) is 4.26. The predicted molar refractivity (Wildman–Crippen MR) is 100 cm³/mol. The van der Waals surface area contributed by atoms with Gasteiger partial charge in [0.05, 0.1) is 23.2 Å². The first kappa shape index (κ1) is 17.2. The second-order valence-electron chi connectivity index (χ2n) is 5.46.